The van der Waals surface area contributed by atoms with Crippen LogP contribution in [0.4, 0.5) is 10.1 Å². The molecule has 0 aliphatic rings. The SMILES string of the molecule is CCS(=O)(=O)c1ccc(NCc2cc(F)ccc2C)cc1. The molecule has 2 aromatic rings. The van der Waals surface area contributed by atoms with Crippen LogP contribution in [0.15, 0.2) is 47.4 Å². The standard InChI is InChI=1S/C16H18FNO2S/c1-3-21(19,20)16-8-6-15(7-9-16)18-11-13-10-14(17)5-4-12(13)2/h4-10,18H,3,11H2,1-2H3. The number of anilines is 1. The molecule has 0 aliphatic carbocycles. The summed E-state index contributed by atoms with van der Waals surface area (Å²) in [5.74, 6) is -0.177. The van der Waals surface area contributed by atoms with Crippen molar-refractivity contribution in [3.8, 4) is 0 Å². The van der Waals surface area contributed by atoms with Gasteiger partial charge in [-0.3, -0.25) is 0 Å². The van der Waals surface area contributed by atoms with Crippen molar-refractivity contribution in [1.82, 2.24) is 0 Å². The van der Waals surface area contributed by atoms with Gasteiger partial charge < -0.3 is 5.32 Å². The van der Waals surface area contributed by atoms with Gasteiger partial charge in [0.25, 0.3) is 0 Å². The highest BCUT2D eigenvalue weighted by molar-refractivity contribution is 7.91. The zero-order valence-electron chi connectivity index (χ0n) is 12.1. The van der Waals surface area contributed by atoms with Crippen LogP contribution in [-0.2, 0) is 16.4 Å². The number of aryl methyl sites for hydroxylation is 1. The quantitative estimate of drug-likeness (QED) is 0.919. The average Bonchev–Trinajstić information content (AvgIpc) is 2.48. The van der Waals surface area contributed by atoms with Gasteiger partial charge in [0.2, 0.25) is 0 Å². The lowest BCUT2D eigenvalue weighted by Crippen LogP contribution is -2.05. The van der Waals surface area contributed by atoms with Gasteiger partial charge in [-0.2, -0.15) is 0 Å². The van der Waals surface area contributed by atoms with E-state index in [2.05, 4.69) is 5.32 Å². The van der Waals surface area contributed by atoms with Crippen molar-refractivity contribution in [2.75, 3.05) is 11.1 Å². The Labute approximate surface area is 124 Å². The van der Waals surface area contributed by atoms with Crippen LogP contribution in [0.25, 0.3) is 0 Å². The molecule has 0 amide bonds. The number of hydrogen-bond acceptors (Lipinski definition) is 3. The molecular weight excluding hydrogens is 289 g/mol. The van der Waals surface area contributed by atoms with E-state index in [1.807, 2.05) is 6.92 Å². The average molecular weight is 307 g/mol. The molecule has 0 heterocycles. The lowest BCUT2D eigenvalue weighted by molar-refractivity contribution is 0.597. The van der Waals surface area contributed by atoms with Crippen LogP contribution in [0.2, 0.25) is 0 Å². The largest absolute Gasteiger partial charge is 0.381 e. The Hall–Kier alpha value is -1.88. The van der Waals surface area contributed by atoms with E-state index in [4.69, 9.17) is 0 Å². The third-order valence-electron chi connectivity index (χ3n) is 3.39. The highest BCUT2D eigenvalue weighted by Crippen LogP contribution is 2.17. The van der Waals surface area contributed by atoms with Crippen LogP contribution >= 0.6 is 0 Å². The monoisotopic (exact) mass is 307 g/mol. The summed E-state index contributed by atoms with van der Waals surface area (Å²) < 4.78 is 36.6. The molecule has 0 bridgehead atoms. The molecule has 5 heteroatoms. The van der Waals surface area contributed by atoms with E-state index in [1.54, 1.807) is 37.3 Å². The maximum Gasteiger partial charge on any atom is 0.178 e. The number of hydrogen-bond donors (Lipinski definition) is 1. The summed E-state index contributed by atoms with van der Waals surface area (Å²) in [5.41, 5.74) is 2.68. The smallest absolute Gasteiger partial charge is 0.178 e. The first-order valence-electron chi connectivity index (χ1n) is 6.74. The fourth-order valence-electron chi connectivity index (χ4n) is 1.97. The molecule has 1 N–H and O–H groups in total. The summed E-state index contributed by atoms with van der Waals surface area (Å²) in [5, 5.41) is 3.16. The number of nitrogens with one attached hydrogen (secondary N) is 1. The fraction of sp³-hybridized carbons (Fsp3) is 0.250. The van der Waals surface area contributed by atoms with Gasteiger partial charge >= 0.3 is 0 Å². The van der Waals surface area contributed by atoms with Crippen LogP contribution in [0.5, 0.6) is 0 Å². The molecule has 0 radical (unpaired) electrons. The van der Waals surface area contributed by atoms with Crippen molar-refractivity contribution in [1.29, 1.82) is 0 Å². The third kappa shape index (κ3) is 3.82. The summed E-state index contributed by atoms with van der Waals surface area (Å²) in [6.07, 6.45) is 0. The zero-order valence-corrected chi connectivity index (χ0v) is 12.9. The molecule has 0 fully saturated rings. The van der Waals surface area contributed by atoms with Gasteiger partial charge in [-0.05, 0) is 54.4 Å². The number of benzene rings is 2. The number of sulfone groups is 1. The fourth-order valence-corrected chi connectivity index (χ4v) is 2.86. The molecule has 0 spiro atoms. The van der Waals surface area contributed by atoms with Crippen LogP contribution < -0.4 is 5.32 Å². The summed E-state index contributed by atoms with van der Waals surface area (Å²) in [7, 11) is -3.17. The normalized spacial score (nSPS) is 11.4. The van der Waals surface area contributed by atoms with Gasteiger partial charge in [-0.25, -0.2) is 12.8 Å². The van der Waals surface area contributed by atoms with Gasteiger partial charge in [-0.15, -0.1) is 0 Å². The Morgan fingerprint density at radius 2 is 1.76 bits per heavy atom. The van der Waals surface area contributed by atoms with Crippen LogP contribution in [0.1, 0.15) is 18.1 Å². The zero-order chi connectivity index (χ0) is 15.5. The minimum atomic E-state index is -3.17. The van der Waals surface area contributed by atoms with Crippen LogP contribution in [-0.4, -0.2) is 14.2 Å². The molecule has 0 aromatic heterocycles. The summed E-state index contributed by atoms with van der Waals surface area (Å²) >= 11 is 0. The minimum absolute atomic E-state index is 0.0856. The second kappa shape index (κ2) is 6.26. The molecule has 0 atom stereocenters. The van der Waals surface area contributed by atoms with Gasteiger partial charge in [0.05, 0.1) is 10.6 Å². The van der Waals surface area contributed by atoms with Crippen LogP contribution in [0.3, 0.4) is 0 Å². The molecule has 2 rings (SSSR count). The Bertz CT molecular complexity index is 724. The van der Waals surface area contributed by atoms with Gasteiger partial charge in [-0.1, -0.05) is 13.0 Å². The Kier molecular flexibility index (Phi) is 4.63. The van der Waals surface area contributed by atoms with E-state index in [1.165, 1.54) is 12.1 Å². The lowest BCUT2D eigenvalue weighted by Gasteiger charge is -2.10. The molecule has 2 aromatic carbocycles. The Morgan fingerprint density at radius 3 is 2.38 bits per heavy atom. The second-order valence-corrected chi connectivity index (χ2v) is 7.13. The third-order valence-corrected chi connectivity index (χ3v) is 5.14. The first-order valence-corrected chi connectivity index (χ1v) is 8.39. The van der Waals surface area contributed by atoms with E-state index in [9.17, 15) is 12.8 Å². The molecule has 0 unspecified atom stereocenters. The Balaban J connectivity index is 2.09. The maximum atomic E-state index is 13.2. The number of rotatable bonds is 5. The topological polar surface area (TPSA) is 46.2 Å². The van der Waals surface area contributed by atoms with Crippen LogP contribution in [0, 0.1) is 12.7 Å². The molecule has 0 saturated carbocycles. The molecule has 112 valence electrons. The van der Waals surface area contributed by atoms with Crippen molar-refractivity contribution >= 4 is 15.5 Å². The van der Waals surface area contributed by atoms with E-state index < -0.39 is 9.84 Å². The maximum absolute atomic E-state index is 13.2. The van der Waals surface area contributed by atoms with Gasteiger partial charge in [0.15, 0.2) is 9.84 Å². The molecular formula is C16H18FNO2S. The highest BCUT2D eigenvalue weighted by Gasteiger charge is 2.10. The van der Waals surface area contributed by atoms with Crippen molar-refractivity contribution in [2.45, 2.75) is 25.3 Å². The van der Waals surface area contributed by atoms with Gasteiger partial charge in [0, 0.05) is 12.2 Å². The summed E-state index contributed by atoms with van der Waals surface area (Å²) in [6.45, 7) is 4.03. The highest BCUT2D eigenvalue weighted by atomic mass is 32.2. The Morgan fingerprint density at radius 1 is 1.10 bits per heavy atom. The first-order chi connectivity index (χ1) is 9.92. The van der Waals surface area contributed by atoms with E-state index >= 15 is 0 Å². The second-order valence-electron chi connectivity index (χ2n) is 4.85. The molecule has 0 aliphatic heterocycles. The first kappa shape index (κ1) is 15.5. The minimum Gasteiger partial charge on any atom is -0.381 e. The van der Waals surface area contributed by atoms with E-state index in [-0.39, 0.29) is 11.6 Å². The molecule has 21 heavy (non-hydrogen) atoms. The van der Waals surface area contributed by atoms with E-state index in [0.29, 0.717) is 11.4 Å². The van der Waals surface area contributed by atoms with Crippen molar-refractivity contribution in [3.05, 3.63) is 59.4 Å². The summed E-state index contributed by atoms with van der Waals surface area (Å²) in [6, 6.07) is 11.3. The van der Waals surface area contributed by atoms with Crippen molar-refractivity contribution in [2.24, 2.45) is 0 Å². The van der Waals surface area contributed by atoms with Crippen molar-refractivity contribution in [3.63, 3.8) is 0 Å². The van der Waals surface area contributed by atoms with E-state index in [0.717, 1.165) is 16.8 Å². The predicted octanol–water partition coefficient (Wildman–Crippen LogP) is 3.54. The van der Waals surface area contributed by atoms with Gasteiger partial charge in [0.1, 0.15) is 5.82 Å². The predicted molar refractivity (Wildman–Crippen MR) is 82.6 cm³/mol. The molecule has 0 saturated heterocycles. The lowest BCUT2D eigenvalue weighted by atomic mass is 10.1. The summed E-state index contributed by atoms with van der Waals surface area (Å²) in [4.78, 5) is 0.317. The molecule has 3 nitrogen and oxygen atoms in total. The van der Waals surface area contributed by atoms with Crippen molar-refractivity contribution < 1.29 is 12.8 Å². The number of halogens is 1.